The van der Waals surface area contributed by atoms with Gasteiger partial charge in [-0.3, -0.25) is 9.59 Å². The third kappa shape index (κ3) is 11.6. The Balaban J connectivity index is 0.000000145. The van der Waals surface area contributed by atoms with Gasteiger partial charge in [0, 0.05) is 41.4 Å². The molecule has 0 fully saturated rings. The highest BCUT2D eigenvalue weighted by molar-refractivity contribution is 6.29. The van der Waals surface area contributed by atoms with E-state index in [0.717, 1.165) is 18.6 Å². The highest BCUT2D eigenvalue weighted by atomic mass is 35.5. The van der Waals surface area contributed by atoms with Crippen LogP contribution in [0.4, 0.5) is 32.2 Å². The molecule has 20 nitrogen and oxygen atoms in total. The number of hydrogen-bond acceptors (Lipinski definition) is 15. The van der Waals surface area contributed by atoms with Gasteiger partial charge in [0.05, 0.1) is 50.3 Å². The van der Waals surface area contributed by atoms with Crippen molar-refractivity contribution in [1.29, 1.82) is 15.8 Å². The second kappa shape index (κ2) is 22.9. The maximum absolute atomic E-state index is 14.5. The van der Waals surface area contributed by atoms with E-state index in [1.807, 2.05) is 18.2 Å². The molecular formula is C51H32ClF6N17O3. The van der Waals surface area contributed by atoms with E-state index in [2.05, 4.69) is 50.4 Å². The molecule has 0 saturated carbocycles. The van der Waals surface area contributed by atoms with Crippen molar-refractivity contribution >= 4 is 17.4 Å². The van der Waals surface area contributed by atoms with Crippen LogP contribution in [0.3, 0.4) is 0 Å². The number of halogens is 7. The minimum atomic E-state index is -1.01. The van der Waals surface area contributed by atoms with Crippen LogP contribution in [0.2, 0.25) is 5.15 Å². The van der Waals surface area contributed by atoms with Crippen LogP contribution in [-0.4, -0.2) is 70.9 Å². The van der Waals surface area contributed by atoms with Crippen molar-refractivity contribution in [2.45, 2.75) is 32.6 Å². The summed E-state index contributed by atoms with van der Waals surface area (Å²) in [4.78, 5) is 46.5. The van der Waals surface area contributed by atoms with Crippen molar-refractivity contribution in [2.24, 2.45) is 0 Å². The average Bonchev–Trinajstić information content (AvgIpc) is 4.26. The summed E-state index contributed by atoms with van der Waals surface area (Å²) in [7, 11) is 0. The lowest BCUT2D eigenvalue weighted by atomic mass is 10.1. The Morgan fingerprint density at radius 1 is 0.577 bits per heavy atom. The zero-order chi connectivity index (χ0) is 55.0. The lowest BCUT2D eigenvalue weighted by molar-refractivity contribution is 0.370. The molecule has 0 atom stereocenters. The van der Waals surface area contributed by atoms with Gasteiger partial charge >= 0.3 is 0 Å². The molecule has 0 bridgehead atoms. The van der Waals surface area contributed by atoms with Crippen LogP contribution in [0.15, 0.2) is 124 Å². The Morgan fingerprint density at radius 2 is 1.04 bits per heavy atom. The average molecular weight is 1080 g/mol. The predicted octanol–water partition coefficient (Wildman–Crippen LogP) is 7.41. The fourth-order valence-corrected chi connectivity index (χ4v) is 7.81. The number of H-pyrrole nitrogens is 2. The van der Waals surface area contributed by atoms with E-state index in [9.17, 15) is 46.5 Å². The fraction of sp³-hybridized carbons (Fsp3) is 0.118. The van der Waals surface area contributed by atoms with Gasteiger partial charge in [0.15, 0.2) is 45.8 Å². The second-order valence-corrected chi connectivity index (χ2v) is 16.9. The van der Waals surface area contributed by atoms with Gasteiger partial charge in [-0.25, -0.2) is 60.9 Å². The molecule has 27 heteroatoms. The van der Waals surface area contributed by atoms with E-state index in [1.54, 1.807) is 59.5 Å². The van der Waals surface area contributed by atoms with Crippen molar-refractivity contribution in [1.82, 2.24) is 64.4 Å². The molecule has 3 aromatic carbocycles. The first kappa shape index (κ1) is 52.3. The molecule has 2 N–H and O–H groups in total. The van der Waals surface area contributed by atoms with Crippen LogP contribution in [-0.2, 0) is 32.6 Å². The minimum Gasteiger partial charge on any atom is -0.381 e. The van der Waals surface area contributed by atoms with E-state index in [0.29, 0.717) is 41.0 Å². The number of benzene rings is 3. The van der Waals surface area contributed by atoms with Crippen molar-refractivity contribution in [3.05, 3.63) is 215 Å². The summed E-state index contributed by atoms with van der Waals surface area (Å²) in [5, 5.41) is 42.4. The Labute approximate surface area is 439 Å². The number of nitrogens with zero attached hydrogens (tertiary/aromatic N) is 15. The van der Waals surface area contributed by atoms with Crippen molar-refractivity contribution < 1.29 is 30.9 Å². The standard InChI is InChI=1S/C21H15F2N7O2.C15H8ClF2N5.C15H9F2N5O/c22-15-4-2-1-3-12(15)10-30-13(8-24)7-17(27-30)19-25-9-16(23)20(26-19)29-6-5-14-18(11-29)32-28-21(14)31;16-14-12(18)7-20-15(21-14)13-5-10(6-19)23(22-13)8-9-3-1-2-4-11(9)17;16-11-4-2-1-3-9(11)8-22-10(6-18)5-13(21-22)14-19-7-12(17)15(23)20-14/h1-4,7,9H,5-6,10-11H2,(H,28,31);1-5,7H,8H2;1-5,7H,8H2,(H,19,20,23). The van der Waals surface area contributed by atoms with Crippen LogP contribution in [0, 0.1) is 68.9 Å². The largest absolute Gasteiger partial charge is 0.381 e. The maximum atomic E-state index is 14.5. The summed E-state index contributed by atoms with van der Waals surface area (Å²) >= 11 is 5.62. The zero-order valence-electron chi connectivity index (χ0n) is 39.7. The molecule has 7 aromatic heterocycles. The van der Waals surface area contributed by atoms with Gasteiger partial charge in [-0.15, -0.1) is 0 Å². The molecule has 0 unspecified atom stereocenters. The van der Waals surface area contributed by atoms with Crippen molar-refractivity contribution in [3.8, 4) is 52.8 Å². The lowest BCUT2D eigenvalue weighted by Crippen LogP contribution is -2.33. The predicted molar refractivity (Wildman–Crippen MR) is 262 cm³/mol. The number of nitrogens with one attached hydrogen (secondary N) is 2. The second-order valence-electron chi connectivity index (χ2n) is 16.5. The molecule has 1 aliphatic heterocycles. The van der Waals surface area contributed by atoms with Crippen molar-refractivity contribution in [2.75, 3.05) is 11.4 Å². The molecular weight excluding hydrogens is 1050 g/mol. The molecule has 388 valence electrons. The molecule has 11 rings (SSSR count). The van der Waals surface area contributed by atoms with Crippen LogP contribution < -0.4 is 16.0 Å². The summed E-state index contributed by atoms with van der Waals surface area (Å²) in [6.07, 6.45) is 3.11. The quantitative estimate of drug-likeness (QED) is 0.0997. The fourth-order valence-electron chi connectivity index (χ4n) is 7.68. The van der Waals surface area contributed by atoms with Gasteiger partial charge in [0.25, 0.3) is 11.1 Å². The van der Waals surface area contributed by atoms with Crippen LogP contribution in [0.5, 0.6) is 0 Å². The number of aromatic amines is 2. The van der Waals surface area contributed by atoms with E-state index >= 15 is 0 Å². The minimum absolute atomic E-state index is 0.0279. The summed E-state index contributed by atoms with van der Waals surface area (Å²) in [5.41, 5.74) is 1.69. The first-order valence-corrected chi connectivity index (χ1v) is 23.1. The summed E-state index contributed by atoms with van der Waals surface area (Å²) in [6, 6.07) is 28.7. The Bertz CT molecular complexity index is 4130. The summed E-state index contributed by atoms with van der Waals surface area (Å²) in [6.45, 7) is 0.706. The number of nitriles is 3. The smallest absolute Gasteiger partial charge is 0.287 e. The summed E-state index contributed by atoms with van der Waals surface area (Å²) in [5.74, 6) is -2.92. The lowest BCUT2D eigenvalue weighted by Gasteiger charge is -2.26. The third-order valence-corrected chi connectivity index (χ3v) is 11.8. The number of fused-ring (bicyclic) bond motifs is 1. The van der Waals surface area contributed by atoms with Gasteiger partial charge in [0.1, 0.15) is 69.8 Å². The zero-order valence-corrected chi connectivity index (χ0v) is 40.5. The Morgan fingerprint density at radius 3 is 1.53 bits per heavy atom. The maximum Gasteiger partial charge on any atom is 0.287 e. The third-order valence-electron chi connectivity index (χ3n) is 11.5. The molecule has 0 aliphatic carbocycles. The highest BCUT2D eigenvalue weighted by Crippen LogP contribution is 2.27. The van der Waals surface area contributed by atoms with Crippen LogP contribution in [0.25, 0.3) is 34.6 Å². The number of aromatic nitrogens is 13. The Hall–Kier alpha value is -10.5. The number of anilines is 1. The van der Waals surface area contributed by atoms with Gasteiger partial charge in [-0.1, -0.05) is 66.2 Å². The SMILES string of the molecule is N#Cc1cc(-c2ncc(F)c(=O)[nH]2)nn1Cc1ccccc1F.N#Cc1cc(-c2ncc(F)c(Cl)n2)nn1Cc1ccccc1F.N#Cc1cc(-c2ncc(F)c(N3CCc4c(o[nH]c4=O)C3)n2)nn1Cc1ccccc1F. The van der Waals surface area contributed by atoms with Gasteiger partial charge in [-0.2, -0.15) is 40.6 Å². The van der Waals surface area contributed by atoms with E-state index in [1.165, 1.54) is 50.4 Å². The van der Waals surface area contributed by atoms with Gasteiger partial charge < -0.3 is 14.4 Å². The van der Waals surface area contributed by atoms with E-state index in [4.69, 9.17) is 21.4 Å². The topological polar surface area (TPSA) is 271 Å². The molecule has 1 aliphatic rings. The molecule has 0 spiro atoms. The van der Waals surface area contributed by atoms with Gasteiger partial charge in [-0.05, 0) is 24.6 Å². The molecule has 0 amide bonds. The van der Waals surface area contributed by atoms with E-state index in [-0.39, 0.29) is 94.3 Å². The normalized spacial score (nSPS) is 11.6. The molecule has 0 radical (unpaired) electrons. The van der Waals surface area contributed by atoms with Crippen LogP contribution >= 0.6 is 11.6 Å². The first-order chi connectivity index (χ1) is 37.7. The molecule has 10 aromatic rings. The monoisotopic (exact) mass is 1080 g/mol. The van der Waals surface area contributed by atoms with Crippen LogP contribution in [0.1, 0.15) is 45.1 Å². The molecule has 8 heterocycles. The number of hydrogen-bond donors (Lipinski definition) is 2. The molecule has 0 saturated heterocycles. The molecule has 78 heavy (non-hydrogen) atoms. The van der Waals surface area contributed by atoms with E-state index < -0.39 is 40.5 Å². The Kier molecular flexibility index (Phi) is 15.4. The van der Waals surface area contributed by atoms with Crippen molar-refractivity contribution in [3.63, 3.8) is 0 Å². The first-order valence-electron chi connectivity index (χ1n) is 22.7. The van der Waals surface area contributed by atoms with Gasteiger partial charge in [0.2, 0.25) is 5.82 Å². The number of rotatable bonds is 10. The summed E-state index contributed by atoms with van der Waals surface area (Å²) < 4.78 is 91.2. The highest BCUT2D eigenvalue weighted by Gasteiger charge is 2.27.